The first kappa shape index (κ1) is 9.92. The van der Waals surface area contributed by atoms with Crippen LogP contribution in [0.2, 0.25) is 0 Å². The van der Waals surface area contributed by atoms with Crippen molar-refractivity contribution in [3.8, 4) is 0 Å². The van der Waals surface area contributed by atoms with Crippen LogP contribution in [0.1, 0.15) is 26.2 Å². The largest absolute Gasteiger partial charge is 0.279 e. The fourth-order valence-electron chi connectivity index (χ4n) is 1.29. The van der Waals surface area contributed by atoms with Crippen LogP contribution in [-0.2, 0) is 9.59 Å². The summed E-state index contributed by atoms with van der Waals surface area (Å²) in [7, 11) is 0. The quantitative estimate of drug-likeness (QED) is 0.405. The lowest BCUT2D eigenvalue weighted by Crippen LogP contribution is -2.26. The van der Waals surface area contributed by atoms with Crippen LogP contribution in [0.25, 0.3) is 0 Å². The third-order valence-electron chi connectivity index (χ3n) is 2.04. The van der Waals surface area contributed by atoms with E-state index in [1.54, 1.807) is 0 Å². The molecule has 0 radical (unpaired) electrons. The first-order chi connectivity index (χ1) is 6.16. The van der Waals surface area contributed by atoms with Crippen molar-refractivity contribution in [3.63, 3.8) is 0 Å². The van der Waals surface area contributed by atoms with Crippen LogP contribution in [0.15, 0.2) is 12.2 Å². The van der Waals surface area contributed by atoms with Crippen molar-refractivity contribution in [2.45, 2.75) is 26.2 Å². The molecule has 1 fully saturated rings. The minimum atomic E-state index is -0.500. The number of allylic oxidation sites excluding steroid dienone is 2. The van der Waals surface area contributed by atoms with Crippen LogP contribution in [0, 0.1) is 5.92 Å². The molecule has 1 aliphatic heterocycles. The summed E-state index contributed by atoms with van der Waals surface area (Å²) in [6.45, 7) is 2.00. The SMILES string of the molecule is CC/C=C\CC1CC(=O)N(O)C1=O. The molecule has 0 saturated carbocycles. The molecule has 0 aromatic heterocycles. The molecule has 0 bridgehead atoms. The van der Waals surface area contributed by atoms with E-state index in [4.69, 9.17) is 5.21 Å². The Labute approximate surface area is 76.8 Å². The van der Waals surface area contributed by atoms with Gasteiger partial charge in [-0.3, -0.25) is 14.8 Å². The third-order valence-corrected chi connectivity index (χ3v) is 2.04. The maximum Gasteiger partial charge on any atom is 0.257 e. The summed E-state index contributed by atoms with van der Waals surface area (Å²) >= 11 is 0. The number of hydrogen-bond donors (Lipinski definition) is 1. The van der Waals surface area contributed by atoms with Gasteiger partial charge in [0.15, 0.2) is 0 Å². The van der Waals surface area contributed by atoms with E-state index in [9.17, 15) is 9.59 Å². The van der Waals surface area contributed by atoms with Gasteiger partial charge in [-0.15, -0.1) is 0 Å². The summed E-state index contributed by atoms with van der Waals surface area (Å²) in [4.78, 5) is 22.0. The number of rotatable bonds is 3. The summed E-state index contributed by atoms with van der Waals surface area (Å²) in [5.41, 5.74) is 0. The zero-order valence-electron chi connectivity index (χ0n) is 7.56. The molecule has 1 aliphatic rings. The molecule has 0 spiro atoms. The van der Waals surface area contributed by atoms with Gasteiger partial charge in [0.1, 0.15) is 0 Å². The molecule has 13 heavy (non-hydrogen) atoms. The maximum absolute atomic E-state index is 11.1. The molecule has 2 amide bonds. The lowest BCUT2D eigenvalue weighted by molar-refractivity contribution is -0.172. The molecule has 4 heteroatoms. The Balaban J connectivity index is 2.49. The van der Waals surface area contributed by atoms with E-state index < -0.39 is 11.8 Å². The van der Waals surface area contributed by atoms with Crippen LogP contribution in [-0.4, -0.2) is 22.1 Å². The first-order valence-corrected chi connectivity index (χ1v) is 4.37. The summed E-state index contributed by atoms with van der Waals surface area (Å²) in [5.74, 6) is -1.34. The van der Waals surface area contributed by atoms with E-state index in [0.717, 1.165) is 6.42 Å². The minimum absolute atomic E-state index is 0.128. The summed E-state index contributed by atoms with van der Waals surface area (Å²) in [6, 6.07) is 0. The highest BCUT2D eigenvalue weighted by molar-refractivity contribution is 6.02. The Kier molecular flexibility index (Phi) is 3.19. The van der Waals surface area contributed by atoms with Crippen LogP contribution in [0.4, 0.5) is 0 Å². The van der Waals surface area contributed by atoms with Crippen LogP contribution in [0.5, 0.6) is 0 Å². The predicted molar refractivity (Wildman–Crippen MR) is 45.8 cm³/mol. The lowest BCUT2D eigenvalue weighted by atomic mass is 10.0. The van der Waals surface area contributed by atoms with Gasteiger partial charge in [-0.2, -0.15) is 5.06 Å². The highest BCUT2D eigenvalue weighted by Crippen LogP contribution is 2.21. The fourth-order valence-corrected chi connectivity index (χ4v) is 1.29. The Bertz CT molecular complexity index is 247. The number of nitrogens with zero attached hydrogens (tertiary/aromatic N) is 1. The van der Waals surface area contributed by atoms with E-state index in [1.165, 1.54) is 0 Å². The van der Waals surface area contributed by atoms with E-state index in [-0.39, 0.29) is 17.4 Å². The summed E-state index contributed by atoms with van der Waals surface area (Å²) < 4.78 is 0. The van der Waals surface area contributed by atoms with Crippen molar-refractivity contribution in [1.82, 2.24) is 5.06 Å². The van der Waals surface area contributed by atoms with Gasteiger partial charge in [0.25, 0.3) is 11.8 Å². The van der Waals surface area contributed by atoms with Crippen LogP contribution < -0.4 is 0 Å². The molecule has 1 heterocycles. The monoisotopic (exact) mass is 183 g/mol. The Morgan fingerprint density at radius 2 is 2.23 bits per heavy atom. The summed E-state index contributed by atoms with van der Waals surface area (Å²) in [5, 5.41) is 9.13. The van der Waals surface area contributed by atoms with Gasteiger partial charge in [0, 0.05) is 6.42 Å². The van der Waals surface area contributed by atoms with Crippen LogP contribution in [0.3, 0.4) is 0 Å². The Morgan fingerprint density at radius 1 is 1.54 bits per heavy atom. The van der Waals surface area contributed by atoms with Crippen molar-refractivity contribution >= 4 is 11.8 Å². The zero-order valence-corrected chi connectivity index (χ0v) is 7.56. The van der Waals surface area contributed by atoms with Gasteiger partial charge >= 0.3 is 0 Å². The second-order valence-electron chi connectivity index (χ2n) is 3.06. The van der Waals surface area contributed by atoms with Crippen molar-refractivity contribution in [3.05, 3.63) is 12.2 Å². The molecule has 1 rings (SSSR count). The van der Waals surface area contributed by atoms with E-state index in [1.807, 2.05) is 19.1 Å². The van der Waals surface area contributed by atoms with Crippen LogP contribution >= 0.6 is 0 Å². The van der Waals surface area contributed by atoms with E-state index >= 15 is 0 Å². The Morgan fingerprint density at radius 3 is 2.69 bits per heavy atom. The number of carbonyl (C=O) groups excluding carboxylic acids is 2. The number of amides is 2. The Hall–Kier alpha value is -1.16. The molecule has 1 unspecified atom stereocenters. The molecule has 1 saturated heterocycles. The van der Waals surface area contributed by atoms with Crippen molar-refractivity contribution in [1.29, 1.82) is 0 Å². The van der Waals surface area contributed by atoms with Gasteiger partial charge < -0.3 is 0 Å². The lowest BCUT2D eigenvalue weighted by Gasteiger charge is -2.03. The molecular weight excluding hydrogens is 170 g/mol. The molecule has 1 atom stereocenters. The normalized spacial score (nSPS) is 23.5. The van der Waals surface area contributed by atoms with E-state index in [2.05, 4.69) is 0 Å². The topological polar surface area (TPSA) is 57.6 Å². The second-order valence-corrected chi connectivity index (χ2v) is 3.06. The third kappa shape index (κ3) is 2.15. The van der Waals surface area contributed by atoms with Crippen molar-refractivity contribution in [2.75, 3.05) is 0 Å². The first-order valence-electron chi connectivity index (χ1n) is 4.37. The van der Waals surface area contributed by atoms with Gasteiger partial charge in [-0.25, -0.2) is 0 Å². The second kappa shape index (κ2) is 4.18. The molecule has 4 nitrogen and oxygen atoms in total. The number of imide groups is 1. The molecule has 72 valence electrons. The molecule has 1 N–H and O–H groups in total. The molecular formula is C9H13NO3. The number of carbonyl (C=O) groups is 2. The molecule has 0 aliphatic carbocycles. The van der Waals surface area contributed by atoms with Crippen molar-refractivity contribution in [2.24, 2.45) is 5.92 Å². The molecule has 0 aromatic rings. The standard InChI is InChI=1S/C9H13NO3/c1-2-3-4-5-7-6-8(11)10(13)9(7)12/h3-4,7,13H,2,5-6H2,1H3/b4-3-. The van der Waals surface area contributed by atoms with Gasteiger partial charge in [0.05, 0.1) is 5.92 Å². The maximum atomic E-state index is 11.1. The molecule has 0 aromatic carbocycles. The zero-order chi connectivity index (χ0) is 9.84. The van der Waals surface area contributed by atoms with Gasteiger partial charge in [-0.05, 0) is 12.8 Å². The average Bonchev–Trinajstić information content (AvgIpc) is 2.34. The predicted octanol–water partition coefficient (Wildman–Crippen LogP) is 1.11. The number of hydroxylamine groups is 2. The smallest absolute Gasteiger partial charge is 0.257 e. The highest BCUT2D eigenvalue weighted by atomic mass is 16.5. The number of hydrogen-bond acceptors (Lipinski definition) is 3. The minimum Gasteiger partial charge on any atom is -0.279 e. The van der Waals surface area contributed by atoms with Gasteiger partial charge in [0.2, 0.25) is 0 Å². The summed E-state index contributed by atoms with van der Waals surface area (Å²) in [6.07, 6.45) is 5.39. The van der Waals surface area contributed by atoms with Crippen molar-refractivity contribution < 1.29 is 14.8 Å². The average molecular weight is 183 g/mol. The van der Waals surface area contributed by atoms with Gasteiger partial charge in [-0.1, -0.05) is 19.1 Å². The fraction of sp³-hybridized carbons (Fsp3) is 0.556. The van der Waals surface area contributed by atoms with E-state index in [0.29, 0.717) is 6.42 Å². The highest BCUT2D eigenvalue weighted by Gasteiger charge is 2.36.